The van der Waals surface area contributed by atoms with E-state index in [1.165, 1.54) is 10.4 Å². The second kappa shape index (κ2) is 7.82. The first-order chi connectivity index (χ1) is 8.11. The van der Waals surface area contributed by atoms with Gasteiger partial charge in [-0.1, -0.05) is 0 Å². The van der Waals surface area contributed by atoms with Gasteiger partial charge in [0, 0.05) is 24.0 Å². The van der Waals surface area contributed by atoms with Gasteiger partial charge in [0.05, 0.1) is 13.2 Å². The number of likely N-dealkylation sites (N-methyl/N-ethyl adjacent to an activating group) is 1. The van der Waals surface area contributed by atoms with Gasteiger partial charge < -0.3 is 15.0 Å². The Labute approximate surface area is 109 Å². The molecule has 1 heterocycles. The molecule has 0 spiro atoms. The molecule has 0 aliphatic carbocycles. The quantitative estimate of drug-likeness (QED) is 0.722. The maximum Gasteiger partial charge on any atom is 0.0593 e. The van der Waals surface area contributed by atoms with Gasteiger partial charge in [0.1, 0.15) is 0 Å². The zero-order valence-electron chi connectivity index (χ0n) is 11.3. The molecule has 0 saturated carbocycles. The summed E-state index contributed by atoms with van der Waals surface area (Å²) in [4.78, 5) is 3.56. The Balaban J connectivity index is 2.09. The highest BCUT2D eigenvalue weighted by molar-refractivity contribution is 7.10. The molecule has 0 aliphatic rings. The molecule has 1 aromatic heterocycles. The topological polar surface area (TPSA) is 24.5 Å². The molecule has 3 nitrogen and oxygen atoms in total. The van der Waals surface area contributed by atoms with Crippen molar-refractivity contribution in [1.29, 1.82) is 0 Å². The van der Waals surface area contributed by atoms with Gasteiger partial charge >= 0.3 is 0 Å². The molecule has 1 aromatic rings. The number of hydrogen-bond acceptors (Lipinski definition) is 4. The maximum absolute atomic E-state index is 5.54. The van der Waals surface area contributed by atoms with E-state index in [1.807, 2.05) is 11.3 Å². The molecule has 1 atom stereocenters. The third kappa shape index (κ3) is 5.64. The molecule has 0 saturated heterocycles. The van der Waals surface area contributed by atoms with E-state index in [4.69, 9.17) is 4.74 Å². The van der Waals surface area contributed by atoms with Crippen LogP contribution < -0.4 is 5.32 Å². The molecule has 17 heavy (non-hydrogen) atoms. The van der Waals surface area contributed by atoms with Crippen LogP contribution in [0.5, 0.6) is 0 Å². The summed E-state index contributed by atoms with van der Waals surface area (Å²) in [6.45, 7) is 7.85. The lowest BCUT2D eigenvalue weighted by molar-refractivity contribution is 0.118. The van der Waals surface area contributed by atoms with Gasteiger partial charge in [0.25, 0.3) is 0 Å². The fraction of sp³-hybridized carbons (Fsp3) is 0.692. The minimum absolute atomic E-state index is 0.424. The SMILES string of the molecule is Cc1ccsc1C(C)NCCOCCN(C)C. The lowest BCUT2D eigenvalue weighted by Crippen LogP contribution is -2.25. The van der Waals surface area contributed by atoms with Crippen LogP contribution in [-0.2, 0) is 4.74 Å². The zero-order valence-corrected chi connectivity index (χ0v) is 12.1. The highest BCUT2D eigenvalue weighted by Gasteiger charge is 2.08. The van der Waals surface area contributed by atoms with Crippen LogP contribution in [0.3, 0.4) is 0 Å². The lowest BCUT2D eigenvalue weighted by atomic mass is 10.2. The van der Waals surface area contributed by atoms with Gasteiger partial charge in [-0.25, -0.2) is 0 Å². The summed E-state index contributed by atoms with van der Waals surface area (Å²) in [6, 6.07) is 2.60. The lowest BCUT2D eigenvalue weighted by Gasteiger charge is -2.14. The fourth-order valence-electron chi connectivity index (χ4n) is 1.62. The summed E-state index contributed by atoms with van der Waals surface area (Å²) in [5, 5.41) is 5.64. The number of ether oxygens (including phenoxy) is 1. The Bertz CT molecular complexity index is 312. The monoisotopic (exact) mass is 256 g/mol. The van der Waals surface area contributed by atoms with E-state index in [0.717, 1.165) is 26.3 Å². The molecule has 1 N–H and O–H groups in total. The summed E-state index contributed by atoms with van der Waals surface area (Å²) in [6.07, 6.45) is 0. The molecule has 0 aliphatic heterocycles. The number of rotatable bonds is 8. The Kier molecular flexibility index (Phi) is 6.73. The number of nitrogens with one attached hydrogen (secondary N) is 1. The number of nitrogens with zero attached hydrogens (tertiary/aromatic N) is 1. The van der Waals surface area contributed by atoms with Crippen LogP contribution in [0.25, 0.3) is 0 Å². The summed E-state index contributed by atoms with van der Waals surface area (Å²) >= 11 is 1.82. The summed E-state index contributed by atoms with van der Waals surface area (Å²) in [5.74, 6) is 0. The molecule has 0 fully saturated rings. The summed E-state index contributed by atoms with van der Waals surface area (Å²) in [5.41, 5.74) is 1.38. The molecule has 0 aromatic carbocycles. The first-order valence-corrected chi connectivity index (χ1v) is 6.99. The molecule has 1 rings (SSSR count). The van der Waals surface area contributed by atoms with E-state index in [0.29, 0.717) is 6.04 Å². The average Bonchev–Trinajstić information content (AvgIpc) is 2.69. The highest BCUT2D eigenvalue weighted by atomic mass is 32.1. The molecular formula is C13H24N2OS. The number of hydrogen-bond donors (Lipinski definition) is 1. The summed E-state index contributed by atoms with van der Waals surface area (Å²) < 4.78 is 5.54. The van der Waals surface area contributed by atoms with Crippen molar-refractivity contribution in [1.82, 2.24) is 10.2 Å². The second-order valence-electron chi connectivity index (χ2n) is 4.56. The van der Waals surface area contributed by atoms with Crippen LogP contribution in [0.4, 0.5) is 0 Å². The van der Waals surface area contributed by atoms with E-state index in [1.54, 1.807) is 0 Å². The normalized spacial score (nSPS) is 13.2. The predicted octanol–water partition coefficient (Wildman–Crippen LogP) is 2.29. The van der Waals surface area contributed by atoms with Crippen molar-refractivity contribution in [3.63, 3.8) is 0 Å². The Morgan fingerprint density at radius 2 is 2.18 bits per heavy atom. The molecular weight excluding hydrogens is 232 g/mol. The zero-order chi connectivity index (χ0) is 12.7. The summed E-state index contributed by atoms with van der Waals surface area (Å²) in [7, 11) is 4.12. The van der Waals surface area contributed by atoms with E-state index < -0.39 is 0 Å². The van der Waals surface area contributed by atoms with Crippen molar-refractivity contribution >= 4 is 11.3 Å². The van der Waals surface area contributed by atoms with Crippen molar-refractivity contribution in [2.24, 2.45) is 0 Å². The third-order valence-corrected chi connectivity index (χ3v) is 3.88. The van der Waals surface area contributed by atoms with Crippen LogP contribution in [0.2, 0.25) is 0 Å². The standard InChI is InChI=1S/C13H24N2OS/c1-11-5-10-17-13(11)12(2)14-6-8-16-9-7-15(3)4/h5,10,12,14H,6-9H2,1-4H3. The van der Waals surface area contributed by atoms with Crippen LogP contribution in [0, 0.1) is 6.92 Å². The molecule has 98 valence electrons. The number of thiophene rings is 1. The molecule has 0 bridgehead atoms. The Hall–Kier alpha value is -0.420. The van der Waals surface area contributed by atoms with Crippen LogP contribution in [0.15, 0.2) is 11.4 Å². The second-order valence-corrected chi connectivity index (χ2v) is 5.51. The van der Waals surface area contributed by atoms with Crippen LogP contribution >= 0.6 is 11.3 Å². The third-order valence-electron chi connectivity index (χ3n) is 2.67. The van der Waals surface area contributed by atoms with Crippen molar-refractivity contribution in [2.75, 3.05) is 40.4 Å². The van der Waals surface area contributed by atoms with Gasteiger partial charge in [-0.3, -0.25) is 0 Å². The highest BCUT2D eigenvalue weighted by Crippen LogP contribution is 2.22. The van der Waals surface area contributed by atoms with Gasteiger partial charge in [0.15, 0.2) is 0 Å². The Morgan fingerprint density at radius 1 is 1.41 bits per heavy atom. The molecule has 1 unspecified atom stereocenters. The van der Waals surface area contributed by atoms with Crippen molar-refractivity contribution in [3.8, 4) is 0 Å². The fourth-order valence-corrected chi connectivity index (χ4v) is 2.58. The van der Waals surface area contributed by atoms with E-state index in [2.05, 4.69) is 49.6 Å². The first-order valence-electron chi connectivity index (χ1n) is 6.11. The van der Waals surface area contributed by atoms with E-state index in [9.17, 15) is 0 Å². The molecule has 0 amide bonds. The number of aryl methyl sites for hydroxylation is 1. The van der Waals surface area contributed by atoms with E-state index >= 15 is 0 Å². The van der Waals surface area contributed by atoms with Crippen molar-refractivity contribution < 1.29 is 4.74 Å². The van der Waals surface area contributed by atoms with Crippen LogP contribution in [-0.4, -0.2) is 45.3 Å². The first kappa shape index (κ1) is 14.6. The minimum atomic E-state index is 0.424. The van der Waals surface area contributed by atoms with Crippen LogP contribution in [0.1, 0.15) is 23.4 Å². The van der Waals surface area contributed by atoms with Gasteiger partial charge in [-0.2, -0.15) is 0 Å². The minimum Gasteiger partial charge on any atom is -0.379 e. The maximum atomic E-state index is 5.54. The Morgan fingerprint density at radius 3 is 2.76 bits per heavy atom. The van der Waals surface area contributed by atoms with Gasteiger partial charge in [-0.05, 0) is 45.0 Å². The molecule has 4 heteroatoms. The predicted molar refractivity (Wildman–Crippen MR) is 74.8 cm³/mol. The van der Waals surface area contributed by atoms with E-state index in [-0.39, 0.29) is 0 Å². The van der Waals surface area contributed by atoms with Gasteiger partial charge in [0.2, 0.25) is 0 Å². The smallest absolute Gasteiger partial charge is 0.0593 e. The molecule has 0 radical (unpaired) electrons. The average molecular weight is 256 g/mol. The van der Waals surface area contributed by atoms with Crippen molar-refractivity contribution in [3.05, 3.63) is 21.9 Å². The largest absolute Gasteiger partial charge is 0.379 e. The van der Waals surface area contributed by atoms with Crippen molar-refractivity contribution in [2.45, 2.75) is 19.9 Å². The van der Waals surface area contributed by atoms with Gasteiger partial charge in [-0.15, -0.1) is 11.3 Å².